The predicted octanol–water partition coefficient (Wildman–Crippen LogP) is 2.50. The quantitative estimate of drug-likeness (QED) is 0.831. The fraction of sp³-hybridized carbons (Fsp3) is 0.353. The van der Waals surface area contributed by atoms with Crippen molar-refractivity contribution in [3.8, 4) is 11.3 Å². The minimum atomic E-state index is 0.754. The van der Waals surface area contributed by atoms with Gasteiger partial charge in [0.25, 0.3) is 0 Å². The van der Waals surface area contributed by atoms with Crippen LogP contribution in [0.4, 0.5) is 5.69 Å². The first-order valence-corrected chi connectivity index (χ1v) is 7.28. The Morgan fingerprint density at radius 3 is 2.50 bits per heavy atom. The van der Waals surface area contributed by atoms with Gasteiger partial charge in [0.1, 0.15) is 0 Å². The highest BCUT2D eigenvalue weighted by atomic mass is 15.3. The Morgan fingerprint density at radius 2 is 1.85 bits per heavy atom. The second kappa shape index (κ2) is 4.60. The van der Waals surface area contributed by atoms with Gasteiger partial charge in [-0.1, -0.05) is 30.3 Å². The van der Waals surface area contributed by atoms with Crippen molar-refractivity contribution in [2.45, 2.75) is 6.04 Å². The standard InChI is InChI=1S/C17H19N3/c1-19-10-14-11-20(12-17(14)19)15-7-8-16(18-9-15)13-5-3-2-4-6-13/h2-9,14,17H,10-12H2,1H3/t14-,17+/m1/s1. The topological polar surface area (TPSA) is 19.4 Å². The molecule has 2 aliphatic heterocycles. The maximum atomic E-state index is 4.63. The van der Waals surface area contributed by atoms with Gasteiger partial charge >= 0.3 is 0 Å². The van der Waals surface area contributed by atoms with E-state index in [4.69, 9.17) is 0 Å². The van der Waals surface area contributed by atoms with Crippen LogP contribution in [0.1, 0.15) is 0 Å². The summed E-state index contributed by atoms with van der Waals surface area (Å²) in [7, 11) is 2.22. The third kappa shape index (κ3) is 1.90. The lowest BCUT2D eigenvalue weighted by atomic mass is 9.93. The average molecular weight is 265 g/mol. The molecule has 3 heterocycles. The summed E-state index contributed by atoms with van der Waals surface area (Å²) in [6.07, 6.45) is 2.02. The number of pyridine rings is 1. The van der Waals surface area contributed by atoms with E-state index < -0.39 is 0 Å². The van der Waals surface area contributed by atoms with Crippen LogP contribution in [-0.2, 0) is 0 Å². The van der Waals surface area contributed by atoms with Gasteiger partial charge < -0.3 is 9.80 Å². The van der Waals surface area contributed by atoms with Crippen LogP contribution in [0.2, 0.25) is 0 Å². The second-order valence-electron chi connectivity index (χ2n) is 5.94. The Morgan fingerprint density at radius 1 is 1.00 bits per heavy atom. The molecule has 20 heavy (non-hydrogen) atoms. The van der Waals surface area contributed by atoms with Crippen LogP contribution < -0.4 is 4.90 Å². The zero-order valence-corrected chi connectivity index (χ0v) is 11.7. The average Bonchev–Trinajstić information content (AvgIpc) is 2.86. The smallest absolute Gasteiger partial charge is 0.0703 e. The highest BCUT2D eigenvalue weighted by Crippen LogP contribution is 2.33. The number of likely N-dealkylation sites (tertiary alicyclic amines) is 1. The lowest BCUT2D eigenvalue weighted by Gasteiger charge is -2.40. The Balaban J connectivity index is 1.54. The maximum absolute atomic E-state index is 4.63. The second-order valence-corrected chi connectivity index (χ2v) is 5.94. The predicted molar refractivity (Wildman–Crippen MR) is 81.8 cm³/mol. The van der Waals surface area contributed by atoms with Crippen molar-refractivity contribution in [3.63, 3.8) is 0 Å². The number of hydrogen-bond acceptors (Lipinski definition) is 3. The largest absolute Gasteiger partial charge is 0.368 e. The van der Waals surface area contributed by atoms with Crippen LogP contribution >= 0.6 is 0 Å². The van der Waals surface area contributed by atoms with E-state index >= 15 is 0 Å². The van der Waals surface area contributed by atoms with Crippen molar-refractivity contribution in [2.24, 2.45) is 5.92 Å². The van der Waals surface area contributed by atoms with Crippen LogP contribution in [0, 0.1) is 5.92 Å². The van der Waals surface area contributed by atoms with E-state index in [0.29, 0.717) is 0 Å². The third-order valence-corrected chi connectivity index (χ3v) is 4.68. The molecule has 2 saturated heterocycles. The Bertz CT molecular complexity index is 593. The molecule has 2 aromatic rings. The van der Waals surface area contributed by atoms with E-state index in [1.807, 2.05) is 12.3 Å². The number of rotatable bonds is 2. The molecule has 0 radical (unpaired) electrons. The maximum Gasteiger partial charge on any atom is 0.0703 e. The molecule has 0 amide bonds. The molecule has 3 nitrogen and oxygen atoms in total. The molecule has 3 heteroatoms. The van der Waals surface area contributed by atoms with E-state index in [-0.39, 0.29) is 0 Å². The molecule has 102 valence electrons. The van der Waals surface area contributed by atoms with Crippen molar-refractivity contribution in [1.82, 2.24) is 9.88 Å². The molecule has 0 bridgehead atoms. The molecule has 2 fully saturated rings. The summed E-state index contributed by atoms with van der Waals surface area (Å²) in [6, 6.07) is 15.4. The van der Waals surface area contributed by atoms with E-state index in [0.717, 1.165) is 24.2 Å². The number of fused-ring (bicyclic) bond motifs is 1. The summed E-state index contributed by atoms with van der Waals surface area (Å²) in [5, 5.41) is 0. The fourth-order valence-electron chi connectivity index (χ4n) is 3.46. The molecule has 0 aliphatic carbocycles. The zero-order chi connectivity index (χ0) is 13.5. The van der Waals surface area contributed by atoms with Crippen molar-refractivity contribution in [2.75, 3.05) is 31.6 Å². The zero-order valence-electron chi connectivity index (χ0n) is 11.7. The number of aromatic nitrogens is 1. The highest BCUT2D eigenvalue weighted by molar-refractivity contribution is 5.61. The molecule has 0 unspecified atom stereocenters. The molecule has 4 rings (SSSR count). The van der Waals surface area contributed by atoms with Crippen LogP contribution in [0.3, 0.4) is 0 Å². The van der Waals surface area contributed by atoms with Gasteiger partial charge in [-0.15, -0.1) is 0 Å². The van der Waals surface area contributed by atoms with E-state index in [1.54, 1.807) is 0 Å². The van der Waals surface area contributed by atoms with Crippen LogP contribution in [0.25, 0.3) is 11.3 Å². The van der Waals surface area contributed by atoms with Crippen molar-refractivity contribution < 1.29 is 0 Å². The monoisotopic (exact) mass is 265 g/mol. The van der Waals surface area contributed by atoms with Crippen molar-refractivity contribution >= 4 is 5.69 Å². The molecule has 0 spiro atoms. The van der Waals surface area contributed by atoms with Gasteiger partial charge in [-0.2, -0.15) is 0 Å². The van der Waals surface area contributed by atoms with Gasteiger partial charge in [-0.3, -0.25) is 4.98 Å². The van der Waals surface area contributed by atoms with Crippen LogP contribution in [0.15, 0.2) is 48.7 Å². The summed E-state index contributed by atoms with van der Waals surface area (Å²) in [6.45, 7) is 3.57. The number of benzene rings is 1. The molecule has 1 aromatic carbocycles. The minimum Gasteiger partial charge on any atom is -0.368 e. The summed E-state index contributed by atoms with van der Waals surface area (Å²) in [5.74, 6) is 0.855. The molecule has 2 aliphatic rings. The van der Waals surface area contributed by atoms with Gasteiger partial charge in [0.05, 0.1) is 17.6 Å². The number of nitrogens with zero attached hydrogens (tertiary/aromatic N) is 3. The van der Waals surface area contributed by atoms with Crippen LogP contribution in [0.5, 0.6) is 0 Å². The van der Waals surface area contributed by atoms with Crippen molar-refractivity contribution in [1.29, 1.82) is 0 Å². The molecule has 1 aromatic heterocycles. The summed E-state index contributed by atoms with van der Waals surface area (Å²) in [5.41, 5.74) is 3.49. The summed E-state index contributed by atoms with van der Waals surface area (Å²) >= 11 is 0. The summed E-state index contributed by atoms with van der Waals surface area (Å²) < 4.78 is 0. The lowest BCUT2D eigenvalue weighted by molar-refractivity contribution is 0.0827. The SMILES string of the molecule is CN1C[C@@H]2CN(c3ccc(-c4ccccc4)nc3)C[C@@H]21. The molecule has 2 atom stereocenters. The third-order valence-electron chi connectivity index (χ3n) is 4.68. The fourth-order valence-corrected chi connectivity index (χ4v) is 3.46. The van der Waals surface area contributed by atoms with Gasteiger partial charge in [0, 0.05) is 37.2 Å². The first-order valence-electron chi connectivity index (χ1n) is 7.28. The molecular formula is C17H19N3. The highest BCUT2D eigenvalue weighted by Gasteiger charge is 2.43. The van der Waals surface area contributed by atoms with E-state index in [9.17, 15) is 0 Å². The molecular weight excluding hydrogens is 246 g/mol. The lowest BCUT2D eigenvalue weighted by Crippen LogP contribution is -2.52. The van der Waals surface area contributed by atoms with Crippen LogP contribution in [-0.4, -0.2) is 42.6 Å². The Hall–Kier alpha value is -1.87. The van der Waals surface area contributed by atoms with Gasteiger partial charge in [-0.25, -0.2) is 0 Å². The first-order chi connectivity index (χ1) is 9.81. The Kier molecular flexibility index (Phi) is 2.74. The van der Waals surface area contributed by atoms with Gasteiger partial charge in [0.15, 0.2) is 0 Å². The summed E-state index contributed by atoms with van der Waals surface area (Å²) in [4.78, 5) is 9.56. The number of likely N-dealkylation sites (N-methyl/N-ethyl adjacent to an activating group) is 1. The molecule has 0 N–H and O–H groups in total. The number of anilines is 1. The molecule has 0 saturated carbocycles. The van der Waals surface area contributed by atoms with Gasteiger partial charge in [-0.05, 0) is 19.2 Å². The first kappa shape index (κ1) is 11.9. The Labute approximate surface area is 119 Å². The minimum absolute atomic E-state index is 0.754. The van der Waals surface area contributed by atoms with E-state index in [1.165, 1.54) is 24.3 Å². The number of hydrogen-bond donors (Lipinski definition) is 0. The van der Waals surface area contributed by atoms with E-state index in [2.05, 4.69) is 58.2 Å². The normalized spacial score (nSPS) is 25.4. The van der Waals surface area contributed by atoms with Gasteiger partial charge in [0.2, 0.25) is 0 Å². The van der Waals surface area contributed by atoms with Crippen molar-refractivity contribution in [3.05, 3.63) is 48.7 Å².